The number of H-pyrrole nitrogens is 1. The van der Waals surface area contributed by atoms with Crippen molar-refractivity contribution in [3.8, 4) is 0 Å². The lowest BCUT2D eigenvalue weighted by Gasteiger charge is -2.41. The number of aliphatic hydroxyl groups excluding tert-OH is 2. The van der Waals surface area contributed by atoms with Gasteiger partial charge in [0.2, 0.25) is 0 Å². The van der Waals surface area contributed by atoms with E-state index in [1.807, 2.05) is 43.4 Å². The molecule has 0 aliphatic carbocycles. The van der Waals surface area contributed by atoms with Crippen LogP contribution in [0.1, 0.15) is 38.1 Å². The number of rotatable bonds is 9. The van der Waals surface area contributed by atoms with E-state index in [1.165, 1.54) is 19.2 Å². The molecule has 6 atom stereocenters. The number of benzene rings is 1. The van der Waals surface area contributed by atoms with Gasteiger partial charge in [0, 0.05) is 11.8 Å². The van der Waals surface area contributed by atoms with Crippen LogP contribution < -0.4 is 16.6 Å². The number of hydrogen-bond acceptors (Lipinski definition) is 8. The van der Waals surface area contributed by atoms with E-state index in [0.717, 1.165) is 10.1 Å². The molecule has 0 saturated carbocycles. The van der Waals surface area contributed by atoms with E-state index in [4.69, 9.17) is 13.9 Å². The Labute approximate surface area is 228 Å². The standard InChI is InChI=1S/C27H39N3O8Si/c1-8-18(38-39(6,7)27(3,4)5)19(28-26(35)36-15-17-12-10-9-11-13-17)22-20(31)21(32)24(37-22)30-14-16(2)23(33)29-25(30)34/h8-14,18-22,24,31-32H,1,15H2,2-7H3,(H,28,35)(H,29,33,34)/t18-,19+,20-,21+,22+,24+/m0/s1. The summed E-state index contributed by atoms with van der Waals surface area (Å²) in [6.07, 6.45) is -4.51. The van der Waals surface area contributed by atoms with Crippen molar-refractivity contribution in [2.45, 2.75) is 89.1 Å². The average Bonchev–Trinajstić information content (AvgIpc) is 3.16. The second-order valence-electron chi connectivity index (χ2n) is 11.3. The number of aryl methyl sites for hydroxylation is 1. The Kier molecular flexibility index (Phi) is 9.39. The van der Waals surface area contributed by atoms with Gasteiger partial charge in [-0.15, -0.1) is 6.58 Å². The minimum absolute atomic E-state index is 0.00656. The molecule has 1 aromatic heterocycles. The molecule has 0 spiro atoms. The summed E-state index contributed by atoms with van der Waals surface area (Å²) in [5.74, 6) is 0. The highest BCUT2D eigenvalue weighted by Crippen LogP contribution is 2.39. The number of nitrogens with one attached hydrogen (secondary N) is 2. The number of aromatic nitrogens is 2. The molecule has 0 bridgehead atoms. The lowest BCUT2D eigenvalue weighted by molar-refractivity contribution is -0.0618. The van der Waals surface area contributed by atoms with Crippen molar-refractivity contribution in [3.05, 3.63) is 81.1 Å². The van der Waals surface area contributed by atoms with Gasteiger partial charge in [0.05, 0.1) is 12.1 Å². The molecular weight excluding hydrogens is 522 g/mol. The third-order valence-corrected chi connectivity index (χ3v) is 11.8. The number of ether oxygens (including phenoxy) is 2. The lowest BCUT2D eigenvalue weighted by Crippen LogP contribution is -2.58. The van der Waals surface area contributed by atoms with Crippen molar-refractivity contribution in [2.75, 3.05) is 0 Å². The van der Waals surface area contributed by atoms with Crippen molar-refractivity contribution in [3.63, 3.8) is 0 Å². The summed E-state index contributed by atoms with van der Waals surface area (Å²) < 4.78 is 19.0. The molecule has 0 radical (unpaired) electrons. The molecule has 214 valence electrons. The molecule has 11 nitrogen and oxygen atoms in total. The molecule has 12 heteroatoms. The second kappa shape index (κ2) is 12.0. The molecule has 1 fully saturated rings. The Morgan fingerprint density at radius 2 is 1.87 bits per heavy atom. The minimum atomic E-state index is -2.43. The lowest BCUT2D eigenvalue weighted by atomic mass is 9.98. The number of nitrogens with zero attached hydrogens (tertiary/aromatic N) is 1. The van der Waals surface area contributed by atoms with E-state index in [9.17, 15) is 24.6 Å². The normalized spacial score (nSPS) is 23.2. The highest BCUT2D eigenvalue weighted by molar-refractivity contribution is 6.74. The molecule has 1 saturated heterocycles. The maximum Gasteiger partial charge on any atom is 0.407 e. The average molecular weight is 562 g/mol. The van der Waals surface area contributed by atoms with Crippen molar-refractivity contribution in [1.82, 2.24) is 14.9 Å². The van der Waals surface area contributed by atoms with Crippen molar-refractivity contribution in [2.24, 2.45) is 0 Å². The summed E-state index contributed by atoms with van der Waals surface area (Å²) in [6.45, 7) is 15.6. The summed E-state index contributed by atoms with van der Waals surface area (Å²) in [5, 5.41) is 24.5. The third-order valence-electron chi connectivity index (χ3n) is 7.37. The quantitative estimate of drug-likeness (QED) is 0.269. The fraction of sp³-hybridized carbons (Fsp3) is 0.519. The van der Waals surface area contributed by atoms with Gasteiger partial charge < -0.3 is 29.4 Å². The number of aromatic amines is 1. The van der Waals surface area contributed by atoms with E-state index in [2.05, 4.69) is 37.7 Å². The van der Waals surface area contributed by atoms with Gasteiger partial charge in [-0.3, -0.25) is 14.3 Å². The predicted octanol–water partition coefficient (Wildman–Crippen LogP) is 2.34. The zero-order valence-electron chi connectivity index (χ0n) is 23.2. The minimum Gasteiger partial charge on any atom is -0.445 e. The van der Waals surface area contributed by atoms with Crippen LogP contribution in [0.4, 0.5) is 4.79 Å². The van der Waals surface area contributed by atoms with Crippen molar-refractivity contribution in [1.29, 1.82) is 0 Å². The van der Waals surface area contributed by atoms with Crippen LogP contribution in [0, 0.1) is 6.92 Å². The predicted molar refractivity (Wildman–Crippen MR) is 148 cm³/mol. The van der Waals surface area contributed by atoms with Gasteiger partial charge in [-0.05, 0) is 30.6 Å². The van der Waals surface area contributed by atoms with Gasteiger partial charge in [-0.25, -0.2) is 9.59 Å². The molecule has 3 rings (SSSR count). The first-order valence-corrected chi connectivity index (χ1v) is 15.7. The van der Waals surface area contributed by atoms with Crippen LogP contribution in [0.2, 0.25) is 18.1 Å². The van der Waals surface area contributed by atoms with Gasteiger partial charge in [0.1, 0.15) is 24.9 Å². The van der Waals surface area contributed by atoms with Gasteiger partial charge >= 0.3 is 11.8 Å². The first kappa shape index (κ1) is 30.5. The maximum absolute atomic E-state index is 12.9. The second-order valence-corrected chi connectivity index (χ2v) is 16.0. The molecule has 1 aliphatic rings. The Hall–Kier alpha value is -3.03. The Morgan fingerprint density at radius 1 is 1.23 bits per heavy atom. The summed E-state index contributed by atoms with van der Waals surface area (Å²) >= 11 is 0. The molecule has 4 N–H and O–H groups in total. The fourth-order valence-electron chi connectivity index (χ4n) is 4.02. The summed E-state index contributed by atoms with van der Waals surface area (Å²) in [4.78, 5) is 39.4. The summed E-state index contributed by atoms with van der Waals surface area (Å²) in [6, 6.07) is 8.08. The Balaban J connectivity index is 1.93. The van der Waals surface area contributed by atoms with Gasteiger partial charge in [0.25, 0.3) is 5.56 Å². The van der Waals surface area contributed by atoms with E-state index >= 15 is 0 Å². The van der Waals surface area contributed by atoms with E-state index in [-0.39, 0.29) is 17.2 Å². The monoisotopic (exact) mass is 561 g/mol. The highest BCUT2D eigenvalue weighted by atomic mass is 28.4. The molecule has 39 heavy (non-hydrogen) atoms. The molecule has 1 aromatic carbocycles. The first-order chi connectivity index (χ1) is 18.2. The van der Waals surface area contributed by atoms with Gasteiger partial charge in [0.15, 0.2) is 14.5 Å². The van der Waals surface area contributed by atoms with E-state index in [1.54, 1.807) is 0 Å². The number of hydrogen-bond donors (Lipinski definition) is 4. The summed E-state index contributed by atoms with van der Waals surface area (Å²) in [5.41, 5.74) is -0.390. The maximum atomic E-state index is 12.9. The third kappa shape index (κ3) is 6.95. The van der Waals surface area contributed by atoms with Crippen LogP contribution >= 0.6 is 0 Å². The molecule has 1 aliphatic heterocycles. The van der Waals surface area contributed by atoms with Crippen LogP contribution in [-0.2, 0) is 20.5 Å². The Bertz CT molecular complexity index is 1270. The van der Waals surface area contributed by atoms with E-state index in [0.29, 0.717) is 0 Å². The topological polar surface area (TPSA) is 152 Å². The Morgan fingerprint density at radius 3 is 2.46 bits per heavy atom. The van der Waals surface area contributed by atoms with Crippen LogP contribution in [0.3, 0.4) is 0 Å². The number of carbonyl (C=O) groups excluding carboxylic acids is 1. The number of alkyl carbamates (subject to hydrolysis) is 1. The zero-order chi connectivity index (χ0) is 29.1. The number of aliphatic hydroxyl groups is 2. The molecular formula is C27H39N3O8Si. The van der Waals surface area contributed by atoms with Gasteiger partial charge in [-0.1, -0.05) is 57.2 Å². The van der Waals surface area contributed by atoms with Crippen molar-refractivity contribution < 1.29 is 28.9 Å². The molecule has 2 aromatic rings. The largest absolute Gasteiger partial charge is 0.445 e. The smallest absolute Gasteiger partial charge is 0.407 e. The van der Waals surface area contributed by atoms with Gasteiger partial charge in [-0.2, -0.15) is 0 Å². The van der Waals surface area contributed by atoms with Crippen LogP contribution in [-0.4, -0.2) is 64.6 Å². The zero-order valence-corrected chi connectivity index (χ0v) is 24.2. The van der Waals surface area contributed by atoms with Crippen LogP contribution in [0.5, 0.6) is 0 Å². The fourth-order valence-corrected chi connectivity index (χ4v) is 5.30. The summed E-state index contributed by atoms with van der Waals surface area (Å²) in [7, 11) is -2.43. The molecule has 2 heterocycles. The van der Waals surface area contributed by atoms with E-state index < -0.39 is 62.3 Å². The van der Waals surface area contributed by atoms with Crippen molar-refractivity contribution >= 4 is 14.4 Å². The number of amides is 1. The highest BCUT2D eigenvalue weighted by Gasteiger charge is 2.51. The SMILES string of the molecule is C=C[C@H](O[Si](C)(C)C(C)(C)C)[C@@H](NC(=O)OCc1ccccc1)[C@H]1O[C@@H](n2cc(C)c(=O)[nH]c2=O)[C@H](O)[C@@H]1O. The number of carbonyl (C=O) groups is 1. The van der Waals surface area contributed by atoms with Crippen LogP contribution in [0.25, 0.3) is 0 Å². The molecule has 0 unspecified atom stereocenters. The van der Waals surface area contributed by atoms with Crippen LogP contribution in [0.15, 0.2) is 58.8 Å². The molecule has 1 amide bonds. The first-order valence-electron chi connectivity index (χ1n) is 12.8.